The number of aromatic carboxylic acids is 1. The summed E-state index contributed by atoms with van der Waals surface area (Å²) in [4.78, 5) is 32.4. The highest BCUT2D eigenvalue weighted by molar-refractivity contribution is 5.88. The number of rotatable bonds is 4. The van der Waals surface area contributed by atoms with Crippen molar-refractivity contribution in [3.8, 4) is 0 Å². The lowest BCUT2D eigenvalue weighted by molar-refractivity contribution is -0.145. The summed E-state index contributed by atoms with van der Waals surface area (Å²) in [5, 5.41) is 9.08. The fraction of sp³-hybridized carbons (Fsp3) is 0.467. The van der Waals surface area contributed by atoms with Gasteiger partial charge < -0.3 is 14.7 Å². The van der Waals surface area contributed by atoms with Gasteiger partial charge >= 0.3 is 11.9 Å². The van der Waals surface area contributed by atoms with Crippen LogP contribution in [0.1, 0.15) is 36.7 Å². The number of carbonyl (C=O) groups excluding carboxylic acids is 1. The molecule has 1 atom stereocenters. The number of carboxylic acid groups (broad SMARTS) is 1. The molecule has 0 aliphatic carbocycles. The van der Waals surface area contributed by atoms with Crippen molar-refractivity contribution in [2.24, 2.45) is 0 Å². The molecule has 22 heavy (non-hydrogen) atoms. The van der Waals surface area contributed by atoms with E-state index in [1.807, 2.05) is 0 Å². The normalized spacial score (nSPS) is 17.6. The van der Waals surface area contributed by atoms with E-state index in [-0.39, 0.29) is 29.8 Å². The standard InChI is InChI=1S/C15H17N3O4/c1-3-22-15(21)12-6-4-5-9-18(12)13-10(16-2)7-8-11(17-13)14(19)20/h7-8,12H,3-6,9H2,1H3,(H,19,20). The molecule has 2 rings (SSSR count). The molecule has 2 heterocycles. The Morgan fingerprint density at radius 2 is 2.27 bits per heavy atom. The third-order valence-electron chi connectivity index (χ3n) is 3.53. The van der Waals surface area contributed by atoms with Crippen molar-refractivity contribution in [3.05, 3.63) is 29.2 Å². The molecule has 0 bridgehead atoms. The van der Waals surface area contributed by atoms with Gasteiger partial charge in [-0.05, 0) is 32.3 Å². The zero-order valence-corrected chi connectivity index (χ0v) is 12.3. The van der Waals surface area contributed by atoms with Crippen LogP contribution in [-0.4, -0.2) is 41.2 Å². The number of hydrogen-bond donors (Lipinski definition) is 1. The molecule has 7 heteroatoms. The number of hydrogen-bond acceptors (Lipinski definition) is 5. The molecule has 1 fully saturated rings. The molecule has 0 saturated carbocycles. The van der Waals surface area contributed by atoms with Crippen LogP contribution in [0.25, 0.3) is 4.85 Å². The Bertz CT molecular complexity index is 624. The quantitative estimate of drug-likeness (QED) is 0.678. The van der Waals surface area contributed by atoms with Crippen molar-refractivity contribution in [1.82, 2.24) is 4.98 Å². The molecule has 1 N–H and O–H groups in total. The van der Waals surface area contributed by atoms with E-state index in [1.165, 1.54) is 12.1 Å². The van der Waals surface area contributed by atoms with Crippen molar-refractivity contribution >= 4 is 23.4 Å². The summed E-state index contributed by atoms with van der Waals surface area (Å²) in [6, 6.07) is 2.20. The number of carboxylic acids is 1. The average molecular weight is 303 g/mol. The lowest BCUT2D eigenvalue weighted by Gasteiger charge is -2.35. The fourth-order valence-electron chi connectivity index (χ4n) is 2.53. The summed E-state index contributed by atoms with van der Waals surface area (Å²) in [7, 11) is 0. The molecule has 1 aliphatic heterocycles. The lowest BCUT2D eigenvalue weighted by Crippen LogP contribution is -2.46. The Labute approximate surface area is 128 Å². The zero-order chi connectivity index (χ0) is 16.1. The number of piperidine rings is 1. The van der Waals surface area contributed by atoms with Crippen LogP contribution in [0, 0.1) is 6.57 Å². The predicted molar refractivity (Wildman–Crippen MR) is 79.1 cm³/mol. The first kappa shape index (κ1) is 15.8. The van der Waals surface area contributed by atoms with E-state index in [0.717, 1.165) is 12.8 Å². The molecule has 1 unspecified atom stereocenters. The highest BCUT2D eigenvalue weighted by Crippen LogP contribution is 2.32. The van der Waals surface area contributed by atoms with Crippen LogP contribution < -0.4 is 4.90 Å². The van der Waals surface area contributed by atoms with Crippen LogP contribution in [0.15, 0.2) is 12.1 Å². The monoisotopic (exact) mass is 303 g/mol. The Hall–Kier alpha value is -2.62. The number of ether oxygens (including phenoxy) is 1. The van der Waals surface area contributed by atoms with Gasteiger partial charge in [-0.1, -0.05) is 6.07 Å². The molecule has 0 aromatic carbocycles. The summed E-state index contributed by atoms with van der Waals surface area (Å²) in [6.45, 7) is 9.79. The van der Waals surface area contributed by atoms with Gasteiger partial charge in [0.15, 0.2) is 0 Å². The second-order valence-electron chi connectivity index (χ2n) is 4.91. The van der Waals surface area contributed by atoms with E-state index in [4.69, 9.17) is 16.4 Å². The SMILES string of the molecule is [C-]#[N+]c1ccc(C(=O)O)nc1N1CCCCC1C(=O)OCC. The third-order valence-corrected chi connectivity index (χ3v) is 3.53. The largest absolute Gasteiger partial charge is 0.477 e. The number of aromatic nitrogens is 1. The van der Waals surface area contributed by atoms with E-state index >= 15 is 0 Å². The average Bonchev–Trinajstić information content (AvgIpc) is 2.54. The molecular formula is C15H17N3O4. The minimum atomic E-state index is -1.16. The van der Waals surface area contributed by atoms with E-state index < -0.39 is 12.0 Å². The van der Waals surface area contributed by atoms with Gasteiger partial charge in [-0.2, -0.15) is 0 Å². The zero-order valence-electron chi connectivity index (χ0n) is 12.3. The molecule has 0 radical (unpaired) electrons. The molecule has 7 nitrogen and oxygen atoms in total. The van der Waals surface area contributed by atoms with Crippen LogP contribution in [0.5, 0.6) is 0 Å². The van der Waals surface area contributed by atoms with Crippen molar-refractivity contribution in [3.63, 3.8) is 0 Å². The smallest absolute Gasteiger partial charge is 0.354 e. The maximum Gasteiger partial charge on any atom is 0.354 e. The number of nitrogens with zero attached hydrogens (tertiary/aromatic N) is 3. The summed E-state index contributed by atoms with van der Waals surface area (Å²) in [5.74, 6) is -1.28. The van der Waals surface area contributed by atoms with E-state index in [0.29, 0.717) is 13.0 Å². The van der Waals surface area contributed by atoms with Crippen LogP contribution in [0.2, 0.25) is 0 Å². The van der Waals surface area contributed by atoms with Crippen molar-refractivity contribution in [2.75, 3.05) is 18.1 Å². The van der Waals surface area contributed by atoms with Crippen LogP contribution in [0.3, 0.4) is 0 Å². The van der Waals surface area contributed by atoms with Crippen LogP contribution in [-0.2, 0) is 9.53 Å². The summed E-state index contributed by atoms with van der Waals surface area (Å²) in [6.07, 6.45) is 2.34. The molecule has 1 aromatic heterocycles. The highest BCUT2D eigenvalue weighted by Gasteiger charge is 2.32. The number of carbonyl (C=O) groups is 2. The van der Waals surface area contributed by atoms with Crippen molar-refractivity contribution in [1.29, 1.82) is 0 Å². The Morgan fingerprint density at radius 3 is 2.91 bits per heavy atom. The first-order valence-electron chi connectivity index (χ1n) is 7.13. The summed E-state index contributed by atoms with van der Waals surface area (Å²) >= 11 is 0. The number of esters is 1. The van der Waals surface area contributed by atoms with Gasteiger partial charge in [-0.3, -0.25) is 0 Å². The van der Waals surface area contributed by atoms with Crippen LogP contribution >= 0.6 is 0 Å². The van der Waals surface area contributed by atoms with Gasteiger partial charge in [0.05, 0.1) is 13.2 Å². The Balaban J connectivity index is 2.42. The molecule has 116 valence electrons. The van der Waals surface area contributed by atoms with Gasteiger partial charge in [-0.25, -0.2) is 19.4 Å². The first-order chi connectivity index (χ1) is 10.6. The molecular weight excluding hydrogens is 286 g/mol. The maximum atomic E-state index is 12.1. The van der Waals surface area contributed by atoms with E-state index in [2.05, 4.69) is 9.83 Å². The van der Waals surface area contributed by atoms with E-state index in [1.54, 1.807) is 11.8 Å². The number of anilines is 1. The molecule has 1 saturated heterocycles. The lowest BCUT2D eigenvalue weighted by atomic mass is 10.0. The minimum absolute atomic E-state index is 0.143. The maximum absolute atomic E-state index is 12.1. The molecule has 1 aliphatic rings. The molecule has 1 aromatic rings. The first-order valence-corrected chi connectivity index (χ1v) is 7.13. The van der Waals surface area contributed by atoms with Gasteiger partial charge in [0.2, 0.25) is 5.69 Å². The Kier molecular flexibility index (Phi) is 4.94. The Morgan fingerprint density at radius 1 is 1.50 bits per heavy atom. The number of pyridine rings is 1. The topological polar surface area (TPSA) is 84.1 Å². The van der Waals surface area contributed by atoms with Gasteiger partial charge in [0, 0.05) is 6.54 Å². The van der Waals surface area contributed by atoms with Crippen LogP contribution in [0.4, 0.5) is 11.5 Å². The second kappa shape index (κ2) is 6.89. The molecule has 0 amide bonds. The van der Waals surface area contributed by atoms with Gasteiger partial charge in [0.25, 0.3) is 0 Å². The highest BCUT2D eigenvalue weighted by atomic mass is 16.5. The third kappa shape index (κ3) is 3.17. The van der Waals surface area contributed by atoms with Gasteiger partial charge in [0.1, 0.15) is 17.6 Å². The second-order valence-corrected chi connectivity index (χ2v) is 4.91. The van der Waals surface area contributed by atoms with Crippen molar-refractivity contribution < 1.29 is 19.4 Å². The summed E-state index contributed by atoms with van der Waals surface area (Å²) in [5.41, 5.74) is 0.0942. The molecule has 0 spiro atoms. The minimum Gasteiger partial charge on any atom is -0.477 e. The van der Waals surface area contributed by atoms with Gasteiger partial charge in [-0.15, -0.1) is 0 Å². The van der Waals surface area contributed by atoms with Crippen molar-refractivity contribution in [2.45, 2.75) is 32.2 Å². The predicted octanol–water partition coefficient (Wildman–Crippen LogP) is 2.25. The van der Waals surface area contributed by atoms with E-state index in [9.17, 15) is 9.59 Å². The summed E-state index contributed by atoms with van der Waals surface area (Å²) < 4.78 is 5.08. The fourth-order valence-corrected chi connectivity index (χ4v) is 2.53.